The number of nitrogens with one attached hydrogen (secondary N) is 1. The van der Waals surface area contributed by atoms with Gasteiger partial charge in [-0.25, -0.2) is 13.4 Å². The zero-order valence-corrected chi connectivity index (χ0v) is 13.5. The first kappa shape index (κ1) is 15.7. The van der Waals surface area contributed by atoms with E-state index in [9.17, 15) is 8.42 Å². The molecule has 0 fully saturated rings. The molecule has 1 heterocycles. The van der Waals surface area contributed by atoms with E-state index < -0.39 is 9.84 Å². The van der Waals surface area contributed by atoms with Crippen LogP contribution < -0.4 is 5.32 Å². The fraction of sp³-hybridized carbons (Fsp3) is 0.400. The minimum Gasteiger partial charge on any atom is -0.444 e. The summed E-state index contributed by atoms with van der Waals surface area (Å²) in [5, 5.41) is 3.33. The molecule has 114 valence electrons. The van der Waals surface area contributed by atoms with Crippen LogP contribution in [0.5, 0.6) is 0 Å². The molecule has 0 unspecified atom stereocenters. The molecule has 0 aliphatic rings. The summed E-state index contributed by atoms with van der Waals surface area (Å²) in [6.45, 7) is 6.86. The minimum absolute atomic E-state index is 0.0102. The van der Waals surface area contributed by atoms with Crippen molar-refractivity contribution >= 4 is 9.84 Å². The summed E-state index contributed by atoms with van der Waals surface area (Å²) in [5.74, 6) is 0.487. The molecule has 0 saturated heterocycles. The SMILES string of the molecule is CC(C)(C)NCc1coc(-c2ccc(S(C)(=O)=O)cc2)n1. The van der Waals surface area contributed by atoms with Crippen molar-refractivity contribution in [3.63, 3.8) is 0 Å². The number of aromatic nitrogens is 1. The number of nitrogens with zero attached hydrogens (tertiary/aromatic N) is 1. The van der Waals surface area contributed by atoms with Gasteiger partial charge in [-0.15, -0.1) is 0 Å². The van der Waals surface area contributed by atoms with E-state index in [-0.39, 0.29) is 10.4 Å². The molecule has 0 atom stereocenters. The van der Waals surface area contributed by atoms with E-state index in [1.165, 1.54) is 6.26 Å². The molecule has 0 spiro atoms. The van der Waals surface area contributed by atoms with Gasteiger partial charge < -0.3 is 9.73 Å². The predicted octanol–water partition coefficient (Wildman–Crippen LogP) is 2.63. The lowest BCUT2D eigenvalue weighted by atomic mass is 10.1. The molecule has 0 aliphatic heterocycles. The number of oxazole rings is 1. The van der Waals surface area contributed by atoms with Crippen LogP contribution >= 0.6 is 0 Å². The molecule has 21 heavy (non-hydrogen) atoms. The van der Waals surface area contributed by atoms with Crippen LogP contribution in [0, 0.1) is 0 Å². The van der Waals surface area contributed by atoms with Crippen LogP contribution in [-0.4, -0.2) is 25.2 Å². The largest absolute Gasteiger partial charge is 0.444 e. The molecule has 0 saturated carbocycles. The molecular weight excluding hydrogens is 288 g/mol. The minimum atomic E-state index is -3.18. The number of rotatable bonds is 4. The van der Waals surface area contributed by atoms with Gasteiger partial charge in [0.2, 0.25) is 5.89 Å². The van der Waals surface area contributed by atoms with E-state index in [1.54, 1.807) is 30.5 Å². The highest BCUT2D eigenvalue weighted by Crippen LogP contribution is 2.21. The highest BCUT2D eigenvalue weighted by molar-refractivity contribution is 7.90. The molecule has 2 aromatic rings. The average Bonchev–Trinajstić information content (AvgIpc) is 2.83. The third-order valence-corrected chi connectivity index (χ3v) is 4.01. The molecule has 0 aliphatic carbocycles. The van der Waals surface area contributed by atoms with Gasteiger partial charge in [0.1, 0.15) is 6.26 Å². The van der Waals surface area contributed by atoms with Gasteiger partial charge in [-0.1, -0.05) is 0 Å². The predicted molar refractivity (Wildman–Crippen MR) is 81.6 cm³/mol. The van der Waals surface area contributed by atoms with Crippen LogP contribution in [0.15, 0.2) is 39.8 Å². The highest BCUT2D eigenvalue weighted by atomic mass is 32.2. The summed E-state index contributed by atoms with van der Waals surface area (Å²) in [5.41, 5.74) is 1.58. The molecule has 0 radical (unpaired) electrons. The standard InChI is InChI=1S/C15H20N2O3S/c1-15(2,3)16-9-12-10-20-14(17-12)11-5-7-13(8-6-11)21(4,18)19/h5-8,10,16H,9H2,1-4H3. The van der Waals surface area contributed by atoms with Gasteiger partial charge in [0.15, 0.2) is 9.84 Å². The van der Waals surface area contributed by atoms with Gasteiger partial charge in [0.25, 0.3) is 0 Å². The molecule has 1 aromatic heterocycles. The second kappa shape index (κ2) is 5.61. The van der Waals surface area contributed by atoms with Crippen molar-refractivity contribution in [3.8, 4) is 11.5 Å². The first-order valence-electron chi connectivity index (χ1n) is 6.65. The third-order valence-electron chi connectivity index (χ3n) is 2.88. The van der Waals surface area contributed by atoms with Crippen molar-refractivity contribution < 1.29 is 12.8 Å². The van der Waals surface area contributed by atoms with Crippen LogP contribution in [0.1, 0.15) is 26.5 Å². The van der Waals surface area contributed by atoms with Gasteiger partial charge >= 0.3 is 0 Å². The highest BCUT2D eigenvalue weighted by Gasteiger charge is 2.12. The van der Waals surface area contributed by atoms with Crippen molar-refractivity contribution in [1.29, 1.82) is 0 Å². The van der Waals surface area contributed by atoms with E-state index in [0.29, 0.717) is 12.4 Å². The Hall–Kier alpha value is -1.66. The number of hydrogen-bond donors (Lipinski definition) is 1. The molecule has 1 N–H and O–H groups in total. The van der Waals surface area contributed by atoms with Crippen molar-refractivity contribution in [2.45, 2.75) is 37.8 Å². The average molecular weight is 308 g/mol. The van der Waals surface area contributed by atoms with E-state index >= 15 is 0 Å². The van der Waals surface area contributed by atoms with E-state index in [4.69, 9.17) is 4.42 Å². The maximum Gasteiger partial charge on any atom is 0.226 e. The number of sulfone groups is 1. The van der Waals surface area contributed by atoms with E-state index in [1.807, 2.05) is 0 Å². The fourth-order valence-electron chi connectivity index (χ4n) is 1.72. The Morgan fingerprint density at radius 2 is 1.81 bits per heavy atom. The second-order valence-electron chi connectivity index (χ2n) is 6.04. The molecule has 0 amide bonds. The summed E-state index contributed by atoms with van der Waals surface area (Å²) in [4.78, 5) is 4.68. The summed E-state index contributed by atoms with van der Waals surface area (Å²) in [6, 6.07) is 6.51. The number of benzene rings is 1. The lowest BCUT2D eigenvalue weighted by molar-refractivity contribution is 0.421. The zero-order chi connectivity index (χ0) is 15.7. The molecule has 6 heteroatoms. The molecule has 2 rings (SSSR count). The maximum absolute atomic E-state index is 11.4. The summed E-state index contributed by atoms with van der Waals surface area (Å²) < 4.78 is 28.3. The van der Waals surface area contributed by atoms with E-state index in [2.05, 4.69) is 31.1 Å². The smallest absolute Gasteiger partial charge is 0.226 e. The monoisotopic (exact) mass is 308 g/mol. The third kappa shape index (κ3) is 4.41. The Balaban J connectivity index is 2.14. The van der Waals surface area contributed by atoms with Crippen LogP contribution in [-0.2, 0) is 16.4 Å². The first-order chi connectivity index (χ1) is 9.65. The molecular formula is C15H20N2O3S. The van der Waals surface area contributed by atoms with Gasteiger partial charge in [0.05, 0.1) is 10.6 Å². The summed E-state index contributed by atoms with van der Waals surface area (Å²) in [7, 11) is -3.18. The number of hydrogen-bond acceptors (Lipinski definition) is 5. The second-order valence-corrected chi connectivity index (χ2v) is 8.06. The summed E-state index contributed by atoms with van der Waals surface area (Å²) in [6.07, 6.45) is 2.79. The van der Waals surface area contributed by atoms with Crippen molar-refractivity contribution in [1.82, 2.24) is 10.3 Å². The van der Waals surface area contributed by atoms with Gasteiger partial charge in [-0.2, -0.15) is 0 Å². The van der Waals surface area contributed by atoms with Crippen molar-refractivity contribution in [3.05, 3.63) is 36.2 Å². The fourth-order valence-corrected chi connectivity index (χ4v) is 2.35. The molecule has 5 nitrogen and oxygen atoms in total. The quantitative estimate of drug-likeness (QED) is 0.940. The first-order valence-corrected chi connectivity index (χ1v) is 8.54. The Kier molecular flexibility index (Phi) is 4.20. The van der Waals surface area contributed by atoms with Crippen LogP contribution in [0.2, 0.25) is 0 Å². The molecule has 1 aromatic carbocycles. The van der Waals surface area contributed by atoms with E-state index in [0.717, 1.165) is 11.3 Å². The van der Waals surface area contributed by atoms with Gasteiger partial charge in [0, 0.05) is 23.9 Å². The van der Waals surface area contributed by atoms with Crippen LogP contribution in [0.4, 0.5) is 0 Å². The zero-order valence-electron chi connectivity index (χ0n) is 12.7. The Morgan fingerprint density at radius 1 is 1.19 bits per heavy atom. The van der Waals surface area contributed by atoms with Crippen molar-refractivity contribution in [2.75, 3.05) is 6.26 Å². The van der Waals surface area contributed by atoms with Gasteiger partial charge in [-0.05, 0) is 45.0 Å². The maximum atomic E-state index is 11.4. The normalized spacial score (nSPS) is 12.6. The van der Waals surface area contributed by atoms with Crippen LogP contribution in [0.3, 0.4) is 0 Å². The van der Waals surface area contributed by atoms with Crippen molar-refractivity contribution in [2.24, 2.45) is 0 Å². The van der Waals surface area contributed by atoms with Crippen LogP contribution in [0.25, 0.3) is 11.5 Å². The Labute approximate surface area is 125 Å². The Morgan fingerprint density at radius 3 is 2.33 bits per heavy atom. The molecule has 0 bridgehead atoms. The van der Waals surface area contributed by atoms with Gasteiger partial charge in [-0.3, -0.25) is 0 Å². The summed E-state index contributed by atoms with van der Waals surface area (Å²) >= 11 is 0. The Bertz CT molecular complexity index is 710. The lowest BCUT2D eigenvalue weighted by Crippen LogP contribution is -2.35. The lowest BCUT2D eigenvalue weighted by Gasteiger charge is -2.19. The topological polar surface area (TPSA) is 72.2 Å².